The van der Waals surface area contributed by atoms with Crippen molar-refractivity contribution in [1.82, 2.24) is 9.80 Å². The van der Waals surface area contributed by atoms with E-state index in [2.05, 4.69) is 20.8 Å². The first-order valence-corrected chi connectivity index (χ1v) is 15.5. The first kappa shape index (κ1) is 31.2. The van der Waals surface area contributed by atoms with Crippen molar-refractivity contribution in [1.29, 1.82) is 0 Å². The Hall–Kier alpha value is -2.72. The Bertz CT molecular complexity index is 1170. The second kappa shape index (κ2) is 12.7. The molecule has 0 saturated carbocycles. The summed E-state index contributed by atoms with van der Waals surface area (Å²) in [5, 5.41) is 0. The number of methoxy groups -OCH3 is 3. The van der Waals surface area contributed by atoms with Crippen LogP contribution in [-0.2, 0) is 30.3 Å². The van der Waals surface area contributed by atoms with Crippen LogP contribution in [0.25, 0.3) is 0 Å². The van der Waals surface area contributed by atoms with Crippen molar-refractivity contribution in [3.63, 3.8) is 0 Å². The third-order valence-electron chi connectivity index (χ3n) is 8.55. The minimum atomic E-state index is -1.20. The number of carbonyl (C=O) groups is 3. The van der Waals surface area contributed by atoms with Gasteiger partial charge in [0.25, 0.3) is 0 Å². The van der Waals surface area contributed by atoms with E-state index in [0.717, 1.165) is 17.1 Å². The molecule has 10 heteroatoms. The number of rotatable bonds is 8. The fourth-order valence-corrected chi connectivity index (χ4v) is 7.01. The average molecular weight is 589 g/mol. The van der Waals surface area contributed by atoms with Gasteiger partial charge in [-0.1, -0.05) is 26.8 Å². The predicted octanol–water partition coefficient (Wildman–Crippen LogP) is 3.94. The van der Waals surface area contributed by atoms with Gasteiger partial charge >= 0.3 is 5.97 Å². The van der Waals surface area contributed by atoms with E-state index in [-0.39, 0.29) is 36.2 Å². The highest BCUT2D eigenvalue weighted by Crippen LogP contribution is 2.52. The number of esters is 1. The van der Waals surface area contributed by atoms with Crippen molar-refractivity contribution in [3.05, 3.63) is 35.5 Å². The quantitative estimate of drug-likeness (QED) is 0.422. The van der Waals surface area contributed by atoms with E-state index in [1.807, 2.05) is 47.9 Å². The zero-order valence-electron chi connectivity index (χ0n) is 25.4. The van der Waals surface area contributed by atoms with Crippen LogP contribution in [0.3, 0.4) is 0 Å². The van der Waals surface area contributed by atoms with Gasteiger partial charge < -0.3 is 28.7 Å². The van der Waals surface area contributed by atoms with Crippen molar-refractivity contribution >= 4 is 29.5 Å². The Balaban J connectivity index is 1.73. The smallest absolute Gasteiger partial charge is 0.320 e. The lowest BCUT2D eigenvalue weighted by Crippen LogP contribution is -2.61. The first-order valence-electron chi connectivity index (χ1n) is 14.3. The SMILES string of the molecule is COC(=O)[C@]12C[C@H](CC(=O)N3CCSCC3)C(=O)N(CCc3ccc(OC)c(OC)c3)C1=C[C@H](C(C)(C)C)O[C@@H]2C. The molecule has 1 aromatic rings. The van der Waals surface area contributed by atoms with Gasteiger partial charge in [-0.15, -0.1) is 0 Å². The maximum absolute atomic E-state index is 14.2. The highest BCUT2D eigenvalue weighted by Gasteiger charge is 2.60. The molecule has 9 nitrogen and oxygen atoms in total. The molecule has 3 aliphatic heterocycles. The van der Waals surface area contributed by atoms with E-state index < -0.39 is 23.4 Å². The average Bonchev–Trinajstić information content (AvgIpc) is 2.96. The summed E-state index contributed by atoms with van der Waals surface area (Å²) in [5.41, 5.74) is 0.105. The Kier molecular flexibility index (Phi) is 9.63. The summed E-state index contributed by atoms with van der Waals surface area (Å²) in [6.07, 6.45) is 1.80. The number of fused-ring (bicyclic) bond motifs is 1. The third-order valence-corrected chi connectivity index (χ3v) is 9.49. The summed E-state index contributed by atoms with van der Waals surface area (Å²) in [6, 6.07) is 5.68. The number of nitrogens with zero attached hydrogens (tertiary/aromatic N) is 2. The van der Waals surface area contributed by atoms with Crippen LogP contribution in [-0.4, -0.2) is 92.3 Å². The van der Waals surface area contributed by atoms with Gasteiger partial charge in [-0.3, -0.25) is 14.4 Å². The highest BCUT2D eigenvalue weighted by atomic mass is 32.2. The van der Waals surface area contributed by atoms with Gasteiger partial charge in [-0.2, -0.15) is 11.8 Å². The first-order chi connectivity index (χ1) is 19.5. The minimum Gasteiger partial charge on any atom is -0.493 e. The van der Waals surface area contributed by atoms with Gasteiger partial charge in [0.1, 0.15) is 5.41 Å². The van der Waals surface area contributed by atoms with Crippen LogP contribution < -0.4 is 9.47 Å². The molecule has 0 unspecified atom stereocenters. The summed E-state index contributed by atoms with van der Waals surface area (Å²) in [6.45, 7) is 9.77. The van der Waals surface area contributed by atoms with Gasteiger partial charge in [0.15, 0.2) is 11.5 Å². The Morgan fingerprint density at radius 2 is 1.78 bits per heavy atom. The van der Waals surface area contributed by atoms with Gasteiger partial charge in [0.2, 0.25) is 11.8 Å². The number of ether oxygens (including phenoxy) is 4. The molecule has 0 spiro atoms. The maximum Gasteiger partial charge on any atom is 0.320 e. The van der Waals surface area contributed by atoms with Gasteiger partial charge in [0, 0.05) is 49.2 Å². The van der Waals surface area contributed by atoms with Crippen molar-refractivity contribution in [2.24, 2.45) is 16.7 Å². The molecule has 0 aromatic heterocycles. The molecule has 4 rings (SSSR count). The van der Waals surface area contributed by atoms with E-state index in [1.54, 1.807) is 19.1 Å². The highest BCUT2D eigenvalue weighted by molar-refractivity contribution is 7.99. The van der Waals surface area contributed by atoms with Crippen molar-refractivity contribution in [2.75, 3.05) is 52.5 Å². The zero-order valence-corrected chi connectivity index (χ0v) is 26.2. The number of amides is 2. The van der Waals surface area contributed by atoms with E-state index >= 15 is 0 Å². The molecule has 226 valence electrons. The molecule has 1 aromatic carbocycles. The molecule has 2 saturated heterocycles. The van der Waals surface area contributed by atoms with Crippen molar-refractivity contribution in [3.8, 4) is 11.5 Å². The van der Waals surface area contributed by atoms with E-state index in [0.29, 0.717) is 43.3 Å². The number of piperidine rings is 1. The van der Waals surface area contributed by atoms with Crippen LogP contribution >= 0.6 is 11.8 Å². The Morgan fingerprint density at radius 1 is 1.10 bits per heavy atom. The van der Waals surface area contributed by atoms with Crippen LogP contribution in [0.2, 0.25) is 0 Å². The molecule has 3 heterocycles. The second-order valence-corrected chi connectivity index (χ2v) is 13.3. The number of benzene rings is 1. The number of likely N-dealkylation sites (tertiary alicyclic amines) is 1. The summed E-state index contributed by atoms with van der Waals surface area (Å²) in [7, 11) is 4.54. The number of carbonyl (C=O) groups excluding carboxylic acids is 3. The Labute approximate surface area is 247 Å². The van der Waals surface area contributed by atoms with Gasteiger partial charge in [-0.05, 0) is 49.0 Å². The summed E-state index contributed by atoms with van der Waals surface area (Å²) >= 11 is 1.82. The molecule has 0 N–H and O–H groups in total. The topological polar surface area (TPSA) is 94.6 Å². The zero-order chi connectivity index (χ0) is 29.9. The molecule has 0 radical (unpaired) electrons. The summed E-state index contributed by atoms with van der Waals surface area (Å²) in [5.74, 6) is 1.70. The normalized spacial score (nSPS) is 26.7. The number of hydrogen-bond donors (Lipinski definition) is 0. The van der Waals surface area contributed by atoms with Crippen molar-refractivity contribution < 1.29 is 33.3 Å². The summed E-state index contributed by atoms with van der Waals surface area (Å²) < 4.78 is 22.7. The lowest BCUT2D eigenvalue weighted by molar-refractivity contribution is -0.180. The fourth-order valence-electron chi connectivity index (χ4n) is 6.10. The van der Waals surface area contributed by atoms with Crippen molar-refractivity contribution in [2.45, 2.75) is 59.2 Å². The molecule has 2 amide bonds. The Morgan fingerprint density at radius 3 is 2.39 bits per heavy atom. The largest absolute Gasteiger partial charge is 0.493 e. The lowest BCUT2D eigenvalue weighted by Gasteiger charge is -2.53. The predicted molar refractivity (Wildman–Crippen MR) is 158 cm³/mol. The molecule has 41 heavy (non-hydrogen) atoms. The molecule has 3 aliphatic rings. The summed E-state index contributed by atoms with van der Waals surface area (Å²) in [4.78, 5) is 44.8. The third kappa shape index (κ3) is 6.23. The van der Waals surface area contributed by atoms with E-state index in [1.165, 1.54) is 7.11 Å². The lowest BCUT2D eigenvalue weighted by atomic mass is 9.65. The van der Waals surface area contributed by atoms with E-state index in [4.69, 9.17) is 18.9 Å². The number of hydrogen-bond acceptors (Lipinski definition) is 8. The molecule has 2 fully saturated rings. The van der Waals surface area contributed by atoms with Crippen LogP contribution in [0.15, 0.2) is 30.0 Å². The number of thioether (sulfide) groups is 1. The van der Waals surface area contributed by atoms with Crippen LogP contribution in [0.4, 0.5) is 0 Å². The standard InChI is InChI=1S/C31H44N2O7S/c1-20-31(29(36)39-7)19-22(17-27(34)32-12-14-41-15-13-32)28(35)33(25(31)18-26(40-20)30(2,3)4)11-10-21-8-9-23(37-5)24(16-21)38-6/h8-9,16,18,20,22,26H,10-15,17,19H2,1-7H3/t20-,22+,26-,31+/m1/s1. The van der Waals surface area contributed by atoms with Crippen LogP contribution in [0.1, 0.15) is 46.1 Å². The molecule has 4 atom stereocenters. The molecule has 0 bridgehead atoms. The maximum atomic E-state index is 14.2. The fraction of sp³-hybridized carbons (Fsp3) is 0.645. The monoisotopic (exact) mass is 588 g/mol. The van der Waals surface area contributed by atoms with Crippen LogP contribution in [0, 0.1) is 16.7 Å². The second-order valence-electron chi connectivity index (χ2n) is 12.1. The van der Waals surface area contributed by atoms with Crippen LogP contribution in [0.5, 0.6) is 11.5 Å². The van der Waals surface area contributed by atoms with Gasteiger partial charge in [-0.25, -0.2) is 0 Å². The molecular weight excluding hydrogens is 544 g/mol. The minimum absolute atomic E-state index is 0.0483. The molecular formula is C31H44N2O7S. The van der Waals surface area contributed by atoms with E-state index in [9.17, 15) is 14.4 Å². The van der Waals surface area contributed by atoms with Gasteiger partial charge in [0.05, 0.1) is 33.5 Å². The molecule has 0 aliphatic carbocycles.